The number of nitrogens with one attached hydrogen (secondary N) is 3. The third kappa shape index (κ3) is 3.95. The zero-order valence-corrected chi connectivity index (χ0v) is 12.2. The van der Waals surface area contributed by atoms with Crippen molar-refractivity contribution >= 4 is 11.0 Å². The zero-order valence-electron chi connectivity index (χ0n) is 12.2. The first-order chi connectivity index (χ1) is 9.70. The number of aromatic amines is 2. The second-order valence-corrected chi connectivity index (χ2v) is 5.03. The quantitative estimate of drug-likeness (QED) is 0.649. The van der Waals surface area contributed by atoms with Gasteiger partial charge in [-0.25, -0.2) is 4.79 Å². The van der Waals surface area contributed by atoms with Crippen LogP contribution in [0.5, 0.6) is 0 Å². The molecule has 0 aliphatic rings. The Kier molecular flexibility index (Phi) is 5.38. The van der Waals surface area contributed by atoms with E-state index < -0.39 is 0 Å². The minimum atomic E-state index is -0.165. The highest BCUT2D eigenvalue weighted by atomic mass is 16.5. The fourth-order valence-electron chi connectivity index (χ4n) is 2.13. The summed E-state index contributed by atoms with van der Waals surface area (Å²) in [7, 11) is 0. The average Bonchev–Trinajstić information content (AvgIpc) is 2.81. The highest BCUT2D eigenvalue weighted by molar-refractivity contribution is 5.75. The van der Waals surface area contributed by atoms with Gasteiger partial charge < -0.3 is 20.0 Å². The second-order valence-electron chi connectivity index (χ2n) is 5.03. The summed E-state index contributed by atoms with van der Waals surface area (Å²) in [6, 6.07) is 6.19. The van der Waals surface area contributed by atoms with Crippen LogP contribution >= 0.6 is 0 Å². The van der Waals surface area contributed by atoms with Crippen molar-refractivity contribution in [2.24, 2.45) is 0 Å². The molecular weight excluding hydrogens is 254 g/mol. The monoisotopic (exact) mass is 277 g/mol. The lowest BCUT2D eigenvalue weighted by Crippen LogP contribution is -2.23. The van der Waals surface area contributed by atoms with Crippen LogP contribution in [0, 0.1) is 0 Å². The Bertz CT molecular complexity index is 588. The number of benzene rings is 1. The van der Waals surface area contributed by atoms with Gasteiger partial charge in [0, 0.05) is 19.2 Å². The van der Waals surface area contributed by atoms with Crippen molar-refractivity contribution < 1.29 is 4.74 Å². The molecule has 0 saturated carbocycles. The topological polar surface area (TPSA) is 69.9 Å². The van der Waals surface area contributed by atoms with E-state index in [-0.39, 0.29) is 11.7 Å². The molecule has 3 N–H and O–H groups in total. The number of fused-ring (bicyclic) bond motifs is 1. The van der Waals surface area contributed by atoms with E-state index in [1.165, 1.54) is 6.42 Å². The van der Waals surface area contributed by atoms with Crippen LogP contribution in [0.4, 0.5) is 0 Å². The number of rotatable bonds is 8. The number of aromatic nitrogens is 2. The van der Waals surface area contributed by atoms with Gasteiger partial charge in [0.05, 0.1) is 17.6 Å². The van der Waals surface area contributed by atoms with Crippen molar-refractivity contribution in [2.75, 3.05) is 19.8 Å². The summed E-state index contributed by atoms with van der Waals surface area (Å²) < 4.78 is 5.52. The van der Waals surface area contributed by atoms with Gasteiger partial charge in [0.1, 0.15) is 0 Å². The number of hydrogen-bond acceptors (Lipinski definition) is 3. The summed E-state index contributed by atoms with van der Waals surface area (Å²) in [4.78, 5) is 16.7. The van der Waals surface area contributed by atoms with Crippen molar-refractivity contribution in [1.29, 1.82) is 0 Å². The average molecular weight is 277 g/mol. The van der Waals surface area contributed by atoms with Crippen molar-refractivity contribution in [3.05, 3.63) is 34.2 Å². The highest BCUT2D eigenvalue weighted by Crippen LogP contribution is 2.16. The summed E-state index contributed by atoms with van der Waals surface area (Å²) in [5.41, 5.74) is 2.68. The van der Waals surface area contributed by atoms with E-state index >= 15 is 0 Å². The van der Waals surface area contributed by atoms with Crippen LogP contribution in [0.2, 0.25) is 0 Å². The molecule has 20 heavy (non-hydrogen) atoms. The Morgan fingerprint density at radius 1 is 1.25 bits per heavy atom. The van der Waals surface area contributed by atoms with E-state index in [0.717, 1.165) is 42.8 Å². The van der Waals surface area contributed by atoms with Crippen LogP contribution in [0.3, 0.4) is 0 Å². The molecule has 0 amide bonds. The molecule has 1 heterocycles. The van der Waals surface area contributed by atoms with Crippen LogP contribution in [-0.4, -0.2) is 29.7 Å². The van der Waals surface area contributed by atoms with Crippen molar-refractivity contribution in [1.82, 2.24) is 15.3 Å². The molecule has 0 fully saturated rings. The van der Waals surface area contributed by atoms with E-state index in [1.54, 1.807) is 0 Å². The lowest BCUT2D eigenvalue weighted by molar-refractivity contribution is 0.131. The molecule has 0 radical (unpaired) electrons. The van der Waals surface area contributed by atoms with Crippen molar-refractivity contribution in [3.63, 3.8) is 0 Å². The van der Waals surface area contributed by atoms with Crippen LogP contribution in [-0.2, 0) is 4.74 Å². The minimum Gasteiger partial charge on any atom is -0.380 e. The van der Waals surface area contributed by atoms with E-state index in [4.69, 9.17) is 4.74 Å². The molecule has 2 aromatic rings. The van der Waals surface area contributed by atoms with Crippen LogP contribution in [0.15, 0.2) is 23.0 Å². The first-order valence-corrected chi connectivity index (χ1v) is 7.23. The van der Waals surface area contributed by atoms with E-state index in [2.05, 4.69) is 29.1 Å². The third-order valence-electron chi connectivity index (χ3n) is 3.38. The lowest BCUT2D eigenvalue weighted by atomic mass is 10.1. The molecule has 0 aliphatic carbocycles. The molecule has 5 nitrogen and oxygen atoms in total. The number of unbranched alkanes of at least 4 members (excludes halogenated alkanes) is 1. The Balaban J connectivity index is 1.84. The Morgan fingerprint density at radius 3 is 2.85 bits per heavy atom. The molecule has 1 aromatic heterocycles. The Labute approximate surface area is 118 Å². The number of H-pyrrole nitrogens is 2. The molecule has 0 spiro atoms. The van der Waals surface area contributed by atoms with Gasteiger partial charge in [-0.3, -0.25) is 0 Å². The molecule has 110 valence electrons. The fraction of sp³-hybridized carbons (Fsp3) is 0.533. The zero-order chi connectivity index (χ0) is 14.4. The molecule has 1 atom stereocenters. The van der Waals surface area contributed by atoms with Crippen LogP contribution in [0.25, 0.3) is 11.0 Å². The van der Waals surface area contributed by atoms with Gasteiger partial charge in [-0.2, -0.15) is 0 Å². The first kappa shape index (κ1) is 14.8. The molecule has 0 aliphatic heterocycles. The minimum absolute atomic E-state index is 0.165. The van der Waals surface area contributed by atoms with Gasteiger partial charge in [0.2, 0.25) is 0 Å². The van der Waals surface area contributed by atoms with Gasteiger partial charge in [-0.1, -0.05) is 19.4 Å². The summed E-state index contributed by atoms with van der Waals surface area (Å²) in [6.45, 7) is 6.66. The largest absolute Gasteiger partial charge is 0.380 e. The highest BCUT2D eigenvalue weighted by Gasteiger charge is 2.06. The predicted molar refractivity (Wildman–Crippen MR) is 81.1 cm³/mol. The SMILES string of the molecule is CCCCOCCNC(C)c1ccc2[nH]c(=O)[nH]c2c1. The first-order valence-electron chi connectivity index (χ1n) is 7.23. The van der Waals surface area contributed by atoms with Gasteiger partial charge in [0.25, 0.3) is 0 Å². The molecule has 0 saturated heterocycles. The second kappa shape index (κ2) is 7.26. The Morgan fingerprint density at radius 2 is 2.05 bits per heavy atom. The van der Waals surface area contributed by atoms with Crippen LogP contribution in [0.1, 0.15) is 38.3 Å². The maximum atomic E-state index is 11.2. The van der Waals surface area contributed by atoms with E-state index in [0.29, 0.717) is 0 Å². The van der Waals surface area contributed by atoms with Crippen molar-refractivity contribution in [2.45, 2.75) is 32.7 Å². The molecule has 5 heteroatoms. The molecule has 1 aromatic carbocycles. The molecule has 0 bridgehead atoms. The van der Waals surface area contributed by atoms with E-state index in [9.17, 15) is 4.79 Å². The Hall–Kier alpha value is -1.59. The lowest BCUT2D eigenvalue weighted by Gasteiger charge is -2.14. The molecule has 2 rings (SSSR count). The normalized spacial score (nSPS) is 12.9. The maximum absolute atomic E-state index is 11.2. The fourth-order valence-corrected chi connectivity index (χ4v) is 2.13. The van der Waals surface area contributed by atoms with Gasteiger partial charge >= 0.3 is 5.69 Å². The summed E-state index contributed by atoms with van der Waals surface area (Å²) in [5.74, 6) is 0. The number of hydrogen-bond donors (Lipinski definition) is 3. The summed E-state index contributed by atoms with van der Waals surface area (Å²) >= 11 is 0. The predicted octanol–water partition coefficient (Wildman–Crippen LogP) is 2.32. The number of ether oxygens (including phenoxy) is 1. The maximum Gasteiger partial charge on any atom is 0.323 e. The smallest absolute Gasteiger partial charge is 0.323 e. The standard InChI is InChI=1S/C15H23N3O2/c1-3-4-8-20-9-7-16-11(2)12-5-6-13-14(10-12)18-15(19)17-13/h5-6,10-11,16H,3-4,7-9H2,1-2H3,(H2,17,18,19). The molecular formula is C15H23N3O2. The molecule has 1 unspecified atom stereocenters. The van der Waals surface area contributed by atoms with Crippen molar-refractivity contribution in [3.8, 4) is 0 Å². The van der Waals surface area contributed by atoms with Gasteiger partial charge in [-0.05, 0) is 31.0 Å². The third-order valence-corrected chi connectivity index (χ3v) is 3.38. The summed E-state index contributed by atoms with van der Waals surface area (Å²) in [6.07, 6.45) is 2.28. The van der Waals surface area contributed by atoms with Crippen LogP contribution < -0.4 is 11.0 Å². The number of imidazole rings is 1. The van der Waals surface area contributed by atoms with Gasteiger partial charge in [-0.15, -0.1) is 0 Å². The summed E-state index contributed by atoms with van der Waals surface area (Å²) in [5, 5.41) is 3.42. The van der Waals surface area contributed by atoms with Gasteiger partial charge in [0.15, 0.2) is 0 Å². The van der Waals surface area contributed by atoms with E-state index in [1.807, 2.05) is 18.2 Å².